The quantitative estimate of drug-likeness (QED) is 0.186. The molecule has 1 atom stereocenters. The molecule has 0 aliphatic carbocycles. The van der Waals surface area contributed by atoms with Crippen molar-refractivity contribution in [1.82, 2.24) is 4.72 Å². The molecule has 0 spiro atoms. The van der Waals surface area contributed by atoms with Crippen LogP contribution in [0.25, 0.3) is 22.1 Å². The molecule has 1 amide bonds. The normalized spacial score (nSPS) is 12.8. The van der Waals surface area contributed by atoms with Crippen molar-refractivity contribution in [2.75, 3.05) is 17.1 Å². The Morgan fingerprint density at radius 1 is 0.841 bits per heavy atom. The zero-order valence-corrected chi connectivity index (χ0v) is 26.8. The molecule has 4 rings (SSSR count). The highest BCUT2D eigenvalue weighted by Gasteiger charge is 2.29. The lowest BCUT2D eigenvalue weighted by Crippen LogP contribution is -2.44. The number of methoxy groups -OCH3 is 1. The first-order valence-corrected chi connectivity index (χ1v) is 16.8. The van der Waals surface area contributed by atoms with Crippen molar-refractivity contribution in [2.45, 2.75) is 50.8 Å². The maximum absolute atomic E-state index is 13.1. The molecule has 4 aromatic rings. The SMILES string of the molecule is COC(=O)C(NS(=O)(=O)c1ccc(-c2ccc(NC(=O)c3oc4cccc(NS(=O)(=O)C(C)C)c4c3C)cc2)cc1)C(C)C. The van der Waals surface area contributed by atoms with Crippen LogP contribution in [0.15, 0.2) is 76.0 Å². The molecule has 1 heterocycles. The number of ether oxygens (including phenoxy) is 1. The molecule has 0 aliphatic rings. The fourth-order valence-electron chi connectivity index (χ4n) is 4.45. The smallest absolute Gasteiger partial charge is 0.324 e. The number of carbonyl (C=O) groups is 2. The van der Waals surface area contributed by atoms with Gasteiger partial charge in [0, 0.05) is 16.6 Å². The number of benzene rings is 3. The van der Waals surface area contributed by atoms with Crippen LogP contribution in [-0.4, -0.2) is 47.1 Å². The van der Waals surface area contributed by atoms with E-state index in [9.17, 15) is 26.4 Å². The lowest BCUT2D eigenvalue weighted by Gasteiger charge is -2.19. The summed E-state index contributed by atoms with van der Waals surface area (Å²) in [6.07, 6.45) is 0. The molecule has 44 heavy (non-hydrogen) atoms. The first-order valence-electron chi connectivity index (χ1n) is 13.8. The van der Waals surface area contributed by atoms with E-state index >= 15 is 0 Å². The van der Waals surface area contributed by atoms with Crippen molar-refractivity contribution in [1.29, 1.82) is 0 Å². The second kappa shape index (κ2) is 12.8. The Labute approximate surface area is 257 Å². The van der Waals surface area contributed by atoms with Crippen LogP contribution in [-0.2, 0) is 29.6 Å². The third-order valence-corrected chi connectivity index (χ3v) is 10.3. The van der Waals surface area contributed by atoms with Crippen molar-refractivity contribution >= 4 is 54.3 Å². The average Bonchev–Trinajstić information content (AvgIpc) is 3.33. The van der Waals surface area contributed by atoms with E-state index in [1.165, 1.54) is 19.2 Å². The Bertz CT molecular complexity index is 1900. The van der Waals surface area contributed by atoms with Gasteiger partial charge in [0.15, 0.2) is 5.76 Å². The molecule has 0 saturated heterocycles. The maximum Gasteiger partial charge on any atom is 0.324 e. The number of nitrogens with one attached hydrogen (secondary N) is 3. The van der Waals surface area contributed by atoms with Crippen LogP contribution in [0.2, 0.25) is 0 Å². The number of hydrogen-bond donors (Lipinski definition) is 3. The largest absolute Gasteiger partial charge is 0.468 e. The number of fused-ring (bicyclic) bond motifs is 1. The van der Waals surface area contributed by atoms with Crippen molar-refractivity contribution < 1.29 is 35.6 Å². The Kier molecular flexibility index (Phi) is 9.52. The third-order valence-electron chi connectivity index (χ3n) is 7.08. The van der Waals surface area contributed by atoms with Gasteiger partial charge in [0.25, 0.3) is 5.91 Å². The predicted octanol–water partition coefficient (Wildman–Crippen LogP) is 5.29. The van der Waals surface area contributed by atoms with Crippen molar-refractivity contribution in [3.63, 3.8) is 0 Å². The van der Waals surface area contributed by atoms with Crippen LogP contribution >= 0.6 is 0 Å². The highest BCUT2D eigenvalue weighted by Crippen LogP contribution is 2.33. The first-order chi connectivity index (χ1) is 20.6. The van der Waals surface area contributed by atoms with Gasteiger partial charge in [-0.05, 0) is 74.2 Å². The number of sulfonamides is 2. The summed E-state index contributed by atoms with van der Waals surface area (Å²) in [7, 11) is -6.38. The molecule has 0 radical (unpaired) electrons. The monoisotopic (exact) mass is 641 g/mol. The number of carbonyl (C=O) groups excluding carboxylic acids is 2. The van der Waals surface area contributed by atoms with Crippen LogP contribution in [0, 0.1) is 12.8 Å². The first kappa shape index (κ1) is 32.7. The summed E-state index contributed by atoms with van der Waals surface area (Å²) in [6.45, 7) is 8.27. The zero-order chi connectivity index (χ0) is 32.4. The molecule has 234 valence electrons. The van der Waals surface area contributed by atoms with Gasteiger partial charge in [0.1, 0.15) is 11.6 Å². The summed E-state index contributed by atoms with van der Waals surface area (Å²) in [5.41, 5.74) is 3.20. The molecule has 0 bridgehead atoms. The molecular formula is C31H35N3O8S2. The van der Waals surface area contributed by atoms with E-state index in [0.717, 1.165) is 11.1 Å². The number of furan rings is 1. The van der Waals surface area contributed by atoms with Crippen LogP contribution in [0.5, 0.6) is 0 Å². The molecule has 1 unspecified atom stereocenters. The van der Waals surface area contributed by atoms with Gasteiger partial charge in [-0.2, -0.15) is 4.72 Å². The van der Waals surface area contributed by atoms with Gasteiger partial charge in [0.2, 0.25) is 20.0 Å². The van der Waals surface area contributed by atoms with Crippen molar-refractivity contribution in [3.8, 4) is 11.1 Å². The summed E-state index contributed by atoms with van der Waals surface area (Å²) in [6, 6.07) is 17.0. The Balaban J connectivity index is 1.50. The van der Waals surface area contributed by atoms with Crippen LogP contribution < -0.4 is 14.8 Å². The van der Waals surface area contributed by atoms with Gasteiger partial charge in [-0.15, -0.1) is 0 Å². The number of amides is 1. The highest BCUT2D eigenvalue weighted by molar-refractivity contribution is 7.93. The molecular weight excluding hydrogens is 606 g/mol. The van der Waals surface area contributed by atoms with E-state index < -0.39 is 43.2 Å². The number of esters is 1. The Morgan fingerprint density at radius 3 is 1.98 bits per heavy atom. The zero-order valence-electron chi connectivity index (χ0n) is 25.2. The molecule has 11 nitrogen and oxygen atoms in total. The average molecular weight is 642 g/mol. The molecule has 3 aromatic carbocycles. The number of aryl methyl sites for hydroxylation is 1. The van der Waals surface area contributed by atoms with Crippen molar-refractivity contribution in [3.05, 3.63) is 78.1 Å². The summed E-state index contributed by atoms with van der Waals surface area (Å²) in [5.74, 6) is -1.42. The second-order valence-corrected chi connectivity index (χ2v) is 14.8. The third kappa shape index (κ3) is 6.95. The number of hydrogen-bond acceptors (Lipinski definition) is 8. The Hall–Kier alpha value is -4.20. The molecule has 13 heteroatoms. The summed E-state index contributed by atoms with van der Waals surface area (Å²) in [5, 5.41) is 2.66. The van der Waals surface area contributed by atoms with E-state index in [4.69, 9.17) is 9.15 Å². The van der Waals surface area contributed by atoms with Gasteiger partial charge >= 0.3 is 5.97 Å². The molecule has 0 aliphatic heterocycles. The lowest BCUT2D eigenvalue weighted by molar-refractivity contribution is -0.143. The predicted molar refractivity (Wildman–Crippen MR) is 169 cm³/mol. The van der Waals surface area contributed by atoms with E-state index in [1.807, 2.05) is 0 Å². The summed E-state index contributed by atoms with van der Waals surface area (Å²) < 4.78 is 66.2. The minimum absolute atomic E-state index is 0.000976. The Morgan fingerprint density at radius 2 is 1.43 bits per heavy atom. The second-order valence-electron chi connectivity index (χ2n) is 10.9. The van der Waals surface area contributed by atoms with E-state index in [0.29, 0.717) is 27.9 Å². The van der Waals surface area contributed by atoms with Gasteiger partial charge in [0.05, 0.1) is 22.9 Å². The van der Waals surface area contributed by atoms with Gasteiger partial charge in [-0.3, -0.25) is 14.3 Å². The number of rotatable bonds is 11. The van der Waals surface area contributed by atoms with Crippen LogP contribution in [0.4, 0.5) is 11.4 Å². The highest BCUT2D eigenvalue weighted by atomic mass is 32.2. The van der Waals surface area contributed by atoms with Crippen LogP contribution in [0.3, 0.4) is 0 Å². The summed E-state index contributed by atoms with van der Waals surface area (Å²) in [4.78, 5) is 25.2. The van der Waals surface area contributed by atoms with E-state index in [-0.39, 0.29) is 16.6 Å². The van der Waals surface area contributed by atoms with Gasteiger partial charge in [-0.25, -0.2) is 16.8 Å². The topological polar surface area (TPSA) is 161 Å². The van der Waals surface area contributed by atoms with Crippen molar-refractivity contribution in [2.24, 2.45) is 5.92 Å². The molecule has 3 N–H and O–H groups in total. The molecule has 0 fully saturated rings. The summed E-state index contributed by atoms with van der Waals surface area (Å²) >= 11 is 0. The van der Waals surface area contributed by atoms with E-state index in [1.54, 1.807) is 89.2 Å². The lowest BCUT2D eigenvalue weighted by atomic mass is 10.1. The van der Waals surface area contributed by atoms with Gasteiger partial charge in [-0.1, -0.05) is 44.2 Å². The standard InChI is InChI=1S/C31H35N3O8S2/c1-18(2)28(31(36)41-6)34-44(39,40)24-16-12-22(13-17-24)21-10-14-23(15-11-21)32-30(35)29-20(5)27-25(8-7-9-26(27)42-29)33-43(37,38)19(3)4/h7-19,28,33-34H,1-6H3,(H,32,35). The fourth-order valence-corrected chi connectivity index (χ4v) is 6.50. The van der Waals surface area contributed by atoms with Gasteiger partial charge < -0.3 is 14.5 Å². The number of anilines is 2. The fraction of sp³-hybridized carbons (Fsp3) is 0.290. The van der Waals surface area contributed by atoms with Crippen LogP contribution in [0.1, 0.15) is 43.8 Å². The maximum atomic E-state index is 13.1. The molecule has 1 aromatic heterocycles. The van der Waals surface area contributed by atoms with E-state index in [2.05, 4.69) is 14.8 Å². The molecule has 0 saturated carbocycles. The minimum Gasteiger partial charge on any atom is -0.468 e. The minimum atomic E-state index is -3.98.